The molecule has 0 bridgehead atoms. The zero-order valence-corrected chi connectivity index (χ0v) is 15.3. The van der Waals surface area contributed by atoms with Crippen LogP contribution < -0.4 is 10.6 Å². The van der Waals surface area contributed by atoms with E-state index in [4.69, 9.17) is 9.73 Å². The molecule has 1 saturated heterocycles. The van der Waals surface area contributed by atoms with Crippen LogP contribution in [0, 0.1) is 12.8 Å². The van der Waals surface area contributed by atoms with Gasteiger partial charge in [0.25, 0.3) is 0 Å². The summed E-state index contributed by atoms with van der Waals surface area (Å²) in [5.41, 5.74) is 2.56. The number of rotatable bonds is 7. The second-order valence-electron chi connectivity index (χ2n) is 6.52. The summed E-state index contributed by atoms with van der Waals surface area (Å²) in [6.45, 7) is 14.0. The summed E-state index contributed by atoms with van der Waals surface area (Å²) >= 11 is 0. The van der Waals surface area contributed by atoms with Gasteiger partial charge in [-0.05, 0) is 30.9 Å². The Morgan fingerprint density at radius 1 is 1.25 bits per heavy atom. The predicted octanol–water partition coefficient (Wildman–Crippen LogP) is 2.02. The van der Waals surface area contributed by atoms with Crippen LogP contribution in [0.4, 0.5) is 0 Å². The molecule has 2 N–H and O–H groups in total. The molecule has 0 saturated carbocycles. The summed E-state index contributed by atoms with van der Waals surface area (Å²) in [4.78, 5) is 7.20. The van der Waals surface area contributed by atoms with Crippen LogP contribution in [0.5, 0.6) is 0 Å². The van der Waals surface area contributed by atoms with E-state index in [0.29, 0.717) is 12.5 Å². The molecule has 1 heterocycles. The molecule has 24 heavy (non-hydrogen) atoms. The molecule has 2 rings (SSSR count). The van der Waals surface area contributed by atoms with E-state index >= 15 is 0 Å². The summed E-state index contributed by atoms with van der Waals surface area (Å²) in [7, 11) is 0. The first-order chi connectivity index (χ1) is 11.7. The van der Waals surface area contributed by atoms with Crippen LogP contribution in [-0.4, -0.2) is 56.8 Å². The lowest BCUT2D eigenvalue weighted by atomic mass is 10.1. The van der Waals surface area contributed by atoms with E-state index in [1.54, 1.807) is 0 Å². The number of guanidine groups is 1. The second-order valence-corrected chi connectivity index (χ2v) is 6.52. The van der Waals surface area contributed by atoms with Crippen molar-refractivity contribution in [1.82, 2.24) is 15.5 Å². The first-order valence-electron chi connectivity index (χ1n) is 9.05. The van der Waals surface area contributed by atoms with Gasteiger partial charge in [0.15, 0.2) is 5.96 Å². The van der Waals surface area contributed by atoms with Crippen molar-refractivity contribution in [1.29, 1.82) is 0 Å². The Hall–Kier alpha value is -1.59. The van der Waals surface area contributed by atoms with Crippen molar-refractivity contribution in [3.05, 3.63) is 35.4 Å². The molecule has 5 heteroatoms. The molecule has 1 aliphatic heterocycles. The van der Waals surface area contributed by atoms with Gasteiger partial charge in [0.05, 0.1) is 19.8 Å². The van der Waals surface area contributed by atoms with Gasteiger partial charge < -0.3 is 15.4 Å². The van der Waals surface area contributed by atoms with Crippen molar-refractivity contribution in [2.45, 2.75) is 27.3 Å². The zero-order chi connectivity index (χ0) is 17.2. The number of aryl methyl sites for hydroxylation is 1. The molecule has 134 valence electrons. The normalized spacial score (nSPS) is 17.5. The Morgan fingerprint density at radius 3 is 2.71 bits per heavy atom. The molecule has 1 atom stereocenters. The van der Waals surface area contributed by atoms with Crippen molar-refractivity contribution in [3.8, 4) is 0 Å². The van der Waals surface area contributed by atoms with Gasteiger partial charge in [-0.15, -0.1) is 0 Å². The van der Waals surface area contributed by atoms with Crippen LogP contribution in [-0.2, 0) is 11.3 Å². The predicted molar refractivity (Wildman–Crippen MR) is 100 cm³/mol. The summed E-state index contributed by atoms with van der Waals surface area (Å²) < 4.78 is 5.41. The lowest BCUT2D eigenvalue weighted by molar-refractivity contribution is 0.0320. The quantitative estimate of drug-likeness (QED) is 0.592. The number of ether oxygens (including phenoxy) is 1. The topological polar surface area (TPSA) is 48.9 Å². The molecular formula is C19H32N4O. The summed E-state index contributed by atoms with van der Waals surface area (Å²) in [5.74, 6) is 1.47. The molecule has 0 aromatic heterocycles. The fourth-order valence-corrected chi connectivity index (χ4v) is 2.85. The van der Waals surface area contributed by atoms with Gasteiger partial charge in [0.1, 0.15) is 0 Å². The highest BCUT2D eigenvalue weighted by molar-refractivity contribution is 5.79. The van der Waals surface area contributed by atoms with Crippen molar-refractivity contribution >= 4 is 5.96 Å². The van der Waals surface area contributed by atoms with E-state index in [1.807, 2.05) is 0 Å². The summed E-state index contributed by atoms with van der Waals surface area (Å²) in [5, 5.41) is 6.82. The molecule has 0 radical (unpaired) electrons. The lowest BCUT2D eigenvalue weighted by Gasteiger charge is -2.29. The maximum absolute atomic E-state index is 5.41. The van der Waals surface area contributed by atoms with Gasteiger partial charge in [-0.1, -0.05) is 31.2 Å². The highest BCUT2D eigenvalue weighted by Gasteiger charge is 2.13. The van der Waals surface area contributed by atoms with E-state index in [2.05, 4.69) is 60.6 Å². The molecule has 1 unspecified atom stereocenters. The fraction of sp³-hybridized carbons (Fsp3) is 0.632. The smallest absolute Gasteiger partial charge is 0.191 e. The third kappa shape index (κ3) is 6.49. The summed E-state index contributed by atoms with van der Waals surface area (Å²) in [6.07, 6.45) is 0. The molecule has 1 fully saturated rings. The van der Waals surface area contributed by atoms with Gasteiger partial charge in [-0.3, -0.25) is 4.90 Å². The van der Waals surface area contributed by atoms with E-state index in [1.165, 1.54) is 11.1 Å². The van der Waals surface area contributed by atoms with Crippen LogP contribution in [0.25, 0.3) is 0 Å². The third-order valence-corrected chi connectivity index (χ3v) is 4.30. The van der Waals surface area contributed by atoms with E-state index in [0.717, 1.165) is 51.9 Å². The van der Waals surface area contributed by atoms with E-state index in [-0.39, 0.29) is 0 Å². The van der Waals surface area contributed by atoms with Gasteiger partial charge in [0, 0.05) is 32.7 Å². The van der Waals surface area contributed by atoms with Crippen molar-refractivity contribution < 1.29 is 4.74 Å². The Morgan fingerprint density at radius 2 is 2.00 bits per heavy atom. The van der Waals surface area contributed by atoms with E-state index in [9.17, 15) is 0 Å². The standard InChI is InChI=1S/C19H32N4O/c1-4-20-19(22-14-18-8-6-5-7-17(18)3)21-13-16(2)15-23-9-11-24-12-10-23/h5-8,16H,4,9-15H2,1-3H3,(H2,20,21,22). The molecule has 5 nitrogen and oxygen atoms in total. The molecule has 1 aromatic carbocycles. The molecule has 1 aromatic rings. The number of nitrogens with zero attached hydrogens (tertiary/aromatic N) is 2. The summed E-state index contributed by atoms with van der Waals surface area (Å²) in [6, 6.07) is 8.42. The maximum atomic E-state index is 5.41. The Kier molecular flexibility index (Phi) is 8.05. The first-order valence-corrected chi connectivity index (χ1v) is 9.05. The third-order valence-electron chi connectivity index (χ3n) is 4.30. The number of morpholine rings is 1. The SMILES string of the molecule is CCNC(=NCc1ccccc1C)NCC(C)CN1CCOCC1. The van der Waals surface area contributed by atoms with Crippen molar-refractivity contribution in [2.24, 2.45) is 10.9 Å². The van der Waals surface area contributed by atoms with Crippen LogP contribution in [0.3, 0.4) is 0 Å². The minimum absolute atomic E-state index is 0.574. The number of hydrogen-bond acceptors (Lipinski definition) is 3. The fourth-order valence-electron chi connectivity index (χ4n) is 2.85. The molecule has 0 spiro atoms. The van der Waals surface area contributed by atoms with Crippen LogP contribution in [0.1, 0.15) is 25.0 Å². The Balaban J connectivity index is 1.81. The number of benzene rings is 1. The molecule has 0 amide bonds. The maximum Gasteiger partial charge on any atom is 0.191 e. The Bertz CT molecular complexity index is 512. The molecule has 0 aliphatic carbocycles. The highest BCUT2D eigenvalue weighted by atomic mass is 16.5. The van der Waals surface area contributed by atoms with Crippen molar-refractivity contribution in [2.75, 3.05) is 45.9 Å². The average Bonchev–Trinajstić information content (AvgIpc) is 2.59. The zero-order valence-electron chi connectivity index (χ0n) is 15.3. The monoisotopic (exact) mass is 332 g/mol. The van der Waals surface area contributed by atoms with Crippen LogP contribution in [0.15, 0.2) is 29.3 Å². The van der Waals surface area contributed by atoms with Crippen molar-refractivity contribution in [3.63, 3.8) is 0 Å². The van der Waals surface area contributed by atoms with E-state index < -0.39 is 0 Å². The molecule has 1 aliphatic rings. The number of nitrogens with one attached hydrogen (secondary N) is 2. The van der Waals surface area contributed by atoms with Crippen LogP contribution in [0.2, 0.25) is 0 Å². The lowest BCUT2D eigenvalue weighted by Crippen LogP contribution is -2.44. The number of hydrogen-bond donors (Lipinski definition) is 2. The van der Waals surface area contributed by atoms with Gasteiger partial charge in [-0.2, -0.15) is 0 Å². The van der Waals surface area contributed by atoms with Gasteiger partial charge in [-0.25, -0.2) is 4.99 Å². The Labute approximate surface area is 146 Å². The van der Waals surface area contributed by atoms with Gasteiger partial charge >= 0.3 is 0 Å². The molecular weight excluding hydrogens is 300 g/mol. The minimum atomic E-state index is 0.574. The minimum Gasteiger partial charge on any atom is -0.379 e. The van der Waals surface area contributed by atoms with Crippen LogP contribution >= 0.6 is 0 Å². The highest BCUT2D eigenvalue weighted by Crippen LogP contribution is 2.08. The second kappa shape index (κ2) is 10.3. The number of aliphatic imine (C=N–C) groups is 1. The first kappa shape index (κ1) is 18.7. The van der Waals surface area contributed by atoms with Gasteiger partial charge in [0.2, 0.25) is 0 Å². The largest absolute Gasteiger partial charge is 0.379 e. The average molecular weight is 332 g/mol.